The van der Waals surface area contributed by atoms with Gasteiger partial charge in [-0.05, 0) is 37.6 Å². The minimum Gasteiger partial charge on any atom is -0.457 e. The van der Waals surface area contributed by atoms with Crippen LogP contribution in [0.1, 0.15) is 12.5 Å². The Labute approximate surface area is 106 Å². The first-order valence-electron chi connectivity index (χ1n) is 5.92. The van der Waals surface area contributed by atoms with Crippen molar-refractivity contribution in [2.75, 3.05) is 0 Å². The Hall–Kier alpha value is -1.87. The summed E-state index contributed by atoms with van der Waals surface area (Å²) in [5.74, 6) is 0.938. The monoisotopic (exact) mass is 245 g/mol. The summed E-state index contributed by atoms with van der Waals surface area (Å²) in [6.07, 6.45) is 0.453. The molecule has 0 aliphatic carbocycles. The maximum Gasteiger partial charge on any atom is 0.133 e. The summed E-state index contributed by atoms with van der Waals surface area (Å²) in [6.45, 7) is 1.85. The number of nitrogens with two attached hydrogens (primary N) is 1. The average Bonchev–Trinajstić information content (AvgIpc) is 2.34. The lowest BCUT2D eigenvalue weighted by molar-refractivity contribution is 0.463. The predicted molar refractivity (Wildman–Crippen MR) is 70.3 cm³/mol. The van der Waals surface area contributed by atoms with E-state index in [-0.39, 0.29) is 11.9 Å². The molecule has 0 heterocycles. The number of hydrogen-bond donors (Lipinski definition) is 1. The van der Waals surface area contributed by atoms with Crippen molar-refractivity contribution < 1.29 is 9.13 Å². The van der Waals surface area contributed by atoms with E-state index in [0.29, 0.717) is 23.5 Å². The van der Waals surface area contributed by atoms with Crippen LogP contribution in [0.2, 0.25) is 0 Å². The van der Waals surface area contributed by atoms with Crippen molar-refractivity contribution in [1.82, 2.24) is 0 Å². The Morgan fingerprint density at radius 3 is 2.50 bits per heavy atom. The van der Waals surface area contributed by atoms with Crippen LogP contribution in [0, 0.1) is 5.82 Å². The molecule has 2 rings (SSSR count). The van der Waals surface area contributed by atoms with Crippen LogP contribution in [0.4, 0.5) is 4.39 Å². The normalized spacial score (nSPS) is 12.2. The van der Waals surface area contributed by atoms with Crippen molar-refractivity contribution in [3.05, 3.63) is 59.9 Å². The lowest BCUT2D eigenvalue weighted by Gasteiger charge is -2.13. The Morgan fingerprint density at radius 2 is 1.83 bits per heavy atom. The highest BCUT2D eigenvalue weighted by Crippen LogP contribution is 2.27. The van der Waals surface area contributed by atoms with Gasteiger partial charge in [-0.2, -0.15) is 0 Å². The van der Waals surface area contributed by atoms with Crippen LogP contribution in [-0.4, -0.2) is 6.04 Å². The van der Waals surface area contributed by atoms with E-state index in [9.17, 15) is 4.39 Å². The molecule has 18 heavy (non-hydrogen) atoms. The van der Waals surface area contributed by atoms with Crippen LogP contribution < -0.4 is 10.5 Å². The molecule has 0 aliphatic rings. The highest BCUT2D eigenvalue weighted by molar-refractivity contribution is 5.39. The topological polar surface area (TPSA) is 35.2 Å². The summed E-state index contributed by atoms with van der Waals surface area (Å²) in [5.41, 5.74) is 6.26. The lowest BCUT2D eigenvalue weighted by Crippen LogP contribution is -2.19. The van der Waals surface area contributed by atoms with Crippen LogP contribution in [0.3, 0.4) is 0 Å². The van der Waals surface area contributed by atoms with Gasteiger partial charge in [0.2, 0.25) is 0 Å². The molecule has 94 valence electrons. The number of hydrogen-bond acceptors (Lipinski definition) is 2. The van der Waals surface area contributed by atoms with E-state index in [1.165, 1.54) is 6.07 Å². The van der Waals surface area contributed by atoms with Gasteiger partial charge < -0.3 is 10.5 Å². The molecule has 0 amide bonds. The average molecular weight is 245 g/mol. The van der Waals surface area contributed by atoms with Crippen molar-refractivity contribution >= 4 is 0 Å². The lowest BCUT2D eigenvalue weighted by atomic mass is 10.1. The maximum atomic E-state index is 13.8. The molecule has 2 aromatic carbocycles. The predicted octanol–water partition coefficient (Wildman–Crippen LogP) is 3.51. The summed E-state index contributed by atoms with van der Waals surface area (Å²) in [5, 5.41) is 0. The van der Waals surface area contributed by atoms with Crippen molar-refractivity contribution in [3.8, 4) is 11.5 Å². The van der Waals surface area contributed by atoms with Crippen LogP contribution in [0.15, 0.2) is 48.5 Å². The fourth-order valence-electron chi connectivity index (χ4n) is 1.77. The molecule has 0 saturated heterocycles. The van der Waals surface area contributed by atoms with Crippen LogP contribution in [-0.2, 0) is 6.42 Å². The van der Waals surface area contributed by atoms with E-state index in [4.69, 9.17) is 10.5 Å². The van der Waals surface area contributed by atoms with Gasteiger partial charge in [0.15, 0.2) is 0 Å². The second-order valence-electron chi connectivity index (χ2n) is 4.31. The first-order chi connectivity index (χ1) is 8.66. The van der Waals surface area contributed by atoms with Crippen LogP contribution in [0.5, 0.6) is 11.5 Å². The molecule has 0 saturated carbocycles. The first-order valence-corrected chi connectivity index (χ1v) is 5.92. The molecule has 2 aromatic rings. The van der Waals surface area contributed by atoms with Gasteiger partial charge in [-0.15, -0.1) is 0 Å². The van der Waals surface area contributed by atoms with Gasteiger partial charge in [-0.3, -0.25) is 0 Å². The molecule has 2 nitrogen and oxygen atoms in total. The summed E-state index contributed by atoms with van der Waals surface area (Å²) in [4.78, 5) is 0. The van der Waals surface area contributed by atoms with Crippen molar-refractivity contribution in [3.63, 3.8) is 0 Å². The third-order valence-electron chi connectivity index (χ3n) is 2.57. The minimum atomic E-state index is -0.277. The summed E-state index contributed by atoms with van der Waals surface area (Å²) >= 11 is 0. The van der Waals surface area contributed by atoms with Crippen molar-refractivity contribution in [1.29, 1.82) is 0 Å². The Kier molecular flexibility index (Phi) is 3.95. The quantitative estimate of drug-likeness (QED) is 0.894. The van der Waals surface area contributed by atoms with E-state index in [1.807, 2.05) is 37.3 Å². The molecule has 0 aliphatic heterocycles. The Bertz CT molecular complexity index is 511. The Morgan fingerprint density at radius 1 is 1.11 bits per heavy atom. The molecule has 0 fully saturated rings. The van der Waals surface area contributed by atoms with Gasteiger partial charge in [-0.1, -0.05) is 24.3 Å². The molecule has 1 atom stereocenters. The van der Waals surface area contributed by atoms with Crippen LogP contribution >= 0.6 is 0 Å². The van der Waals surface area contributed by atoms with E-state index in [1.54, 1.807) is 12.1 Å². The minimum absolute atomic E-state index is 0.111. The maximum absolute atomic E-state index is 13.8. The van der Waals surface area contributed by atoms with Gasteiger partial charge in [0, 0.05) is 11.6 Å². The third kappa shape index (κ3) is 3.08. The number of halogens is 1. The van der Waals surface area contributed by atoms with Gasteiger partial charge >= 0.3 is 0 Å². The van der Waals surface area contributed by atoms with Crippen LogP contribution in [0.25, 0.3) is 0 Å². The summed E-state index contributed by atoms with van der Waals surface area (Å²) in [7, 11) is 0. The first kappa shape index (κ1) is 12.6. The zero-order valence-corrected chi connectivity index (χ0v) is 10.3. The molecule has 0 aromatic heterocycles. The number of ether oxygens (including phenoxy) is 1. The fourth-order valence-corrected chi connectivity index (χ4v) is 1.77. The third-order valence-corrected chi connectivity index (χ3v) is 2.57. The van der Waals surface area contributed by atoms with Gasteiger partial charge in [0.1, 0.15) is 17.3 Å². The SMILES string of the molecule is CC(N)Cc1c(F)cccc1Oc1ccccc1. The highest BCUT2D eigenvalue weighted by Gasteiger charge is 2.12. The molecular formula is C15H16FNO. The second-order valence-corrected chi connectivity index (χ2v) is 4.31. The highest BCUT2D eigenvalue weighted by atomic mass is 19.1. The zero-order valence-electron chi connectivity index (χ0n) is 10.3. The Balaban J connectivity index is 2.30. The smallest absolute Gasteiger partial charge is 0.133 e. The molecule has 1 unspecified atom stereocenters. The molecular weight excluding hydrogens is 229 g/mol. The molecule has 2 N–H and O–H groups in total. The van der Waals surface area contributed by atoms with Gasteiger partial charge in [0.25, 0.3) is 0 Å². The van der Waals surface area contributed by atoms with Gasteiger partial charge in [-0.25, -0.2) is 4.39 Å². The van der Waals surface area contributed by atoms with Crippen molar-refractivity contribution in [2.45, 2.75) is 19.4 Å². The largest absolute Gasteiger partial charge is 0.457 e. The standard InChI is InChI=1S/C15H16FNO/c1-11(17)10-13-14(16)8-5-9-15(13)18-12-6-3-2-4-7-12/h2-9,11H,10,17H2,1H3. The van der Waals surface area contributed by atoms with E-state index >= 15 is 0 Å². The van der Waals surface area contributed by atoms with Crippen molar-refractivity contribution in [2.24, 2.45) is 5.73 Å². The summed E-state index contributed by atoms with van der Waals surface area (Å²) in [6, 6.07) is 14.0. The number of para-hydroxylation sites is 1. The molecule has 0 radical (unpaired) electrons. The number of benzene rings is 2. The number of rotatable bonds is 4. The zero-order chi connectivity index (χ0) is 13.0. The summed E-state index contributed by atoms with van der Waals surface area (Å²) < 4.78 is 19.5. The molecule has 0 bridgehead atoms. The van der Waals surface area contributed by atoms with E-state index < -0.39 is 0 Å². The molecule has 3 heteroatoms. The van der Waals surface area contributed by atoms with E-state index in [2.05, 4.69) is 0 Å². The van der Waals surface area contributed by atoms with E-state index in [0.717, 1.165) is 0 Å². The fraction of sp³-hybridized carbons (Fsp3) is 0.200. The molecule has 0 spiro atoms. The van der Waals surface area contributed by atoms with Gasteiger partial charge in [0.05, 0.1) is 0 Å². The second kappa shape index (κ2) is 5.65.